The van der Waals surface area contributed by atoms with Crippen molar-refractivity contribution in [1.82, 2.24) is 9.88 Å². The molecule has 0 amide bonds. The van der Waals surface area contributed by atoms with Gasteiger partial charge in [0.15, 0.2) is 0 Å². The molecule has 0 aromatic carbocycles. The molecule has 1 aromatic rings. The standard InChI is InChI=1S/C15H27N3S/c1-4-14(16)15(13-8-7-9-17-12-13)19-11-10-18(5-2)6-3/h7-9,12,14-15H,4-6,10-11,16H2,1-3H3. The summed E-state index contributed by atoms with van der Waals surface area (Å²) >= 11 is 1.96. The fraction of sp³-hybridized carbons (Fsp3) is 0.667. The predicted octanol–water partition coefficient (Wildman–Crippen LogP) is 2.94. The van der Waals surface area contributed by atoms with E-state index in [1.807, 2.05) is 30.2 Å². The van der Waals surface area contributed by atoms with Crippen LogP contribution >= 0.6 is 11.8 Å². The summed E-state index contributed by atoms with van der Waals surface area (Å²) in [5.74, 6) is 1.12. The molecule has 4 heteroatoms. The fourth-order valence-corrected chi connectivity index (χ4v) is 3.46. The number of hydrogen-bond donors (Lipinski definition) is 1. The van der Waals surface area contributed by atoms with Crippen molar-refractivity contribution in [2.24, 2.45) is 5.73 Å². The third-order valence-corrected chi connectivity index (χ3v) is 4.87. The average molecular weight is 281 g/mol. The Kier molecular flexibility index (Phi) is 8.10. The van der Waals surface area contributed by atoms with Gasteiger partial charge in [0.1, 0.15) is 0 Å². The van der Waals surface area contributed by atoms with E-state index in [2.05, 4.69) is 36.7 Å². The molecule has 0 radical (unpaired) electrons. The molecule has 0 saturated heterocycles. The Labute approximate surface area is 122 Å². The van der Waals surface area contributed by atoms with Crippen molar-refractivity contribution < 1.29 is 0 Å². The van der Waals surface area contributed by atoms with E-state index in [1.54, 1.807) is 0 Å². The maximum Gasteiger partial charge on any atom is 0.0463 e. The molecule has 3 nitrogen and oxygen atoms in total. The van der Waals surface area contributed by atoms with Gasteiger partial charge in [0, 0.05) is 36.0 Å². The number of aromatic nitrogens is 1. The summed E-state index contributed by atoms with van der Waals surface area (Å²) in [7, 11) is 0. The van der Waals surface area contributed by atoms with Crippen molar-refractivity contribution >= 4 is 11.8 Å². The van der Waals surface area contributed by atoms with E-state index in [0.717, 1.165) is 31.8 Å². The van der Waals surface area contributed by atoms with E-state index in [4.69, 9.17) is 5.73 Å². The first-order chi connectivity index (χ1) is 9.22. The molecule has 1 heterocycles. The number of nitrogens with zero attached hydrogens (tertiary/aromatic N) is 2. The van der Waals surface area contributed by atoms with E-state index in [-0.39, 0.29) is 6.04 Å². The second-order valence-corrected chi connectivity index (χ2v) is 5.93. The lowest BCUT2D eigenvalue weighted by Crippen LogP contribution is -2.29. The van der Waals surface area contributed by atoms with Gasteiger partial charge < -0.3 is 10.6 Å². The van der Waals surface area contributed by atoms with Crippen LogP contribution in [-0.2, 0) is 0 Å². The minimum absolute atomic E-state index is 0.200. The van der Waals surface area contributed by atoms with Crippen molar-refractivity contribution in [1.29, 1.82) is 0 Å². The molecule has 0 spiro atoms. The Balaban J connectivity index is 2.56. The third kappa shape index (κ3) is 5.51. The highest BCUT2D eigenvalue weighted by Gasteiger charge is 2.19. The normalized spacial score (nSPS) is 14.6. The van der Waals surface area contributed by atoms with E-state index < -0.39 is 0 Å². The molecule has 0 fully saturated rings. The van der Waals surface area contributed by atoms with Crippen molar-refractivity contribution in [2.75, 3.05) is 25.4 Å². The highest BCUT2D eigenvalue weighted by Crippen LogP contribution is 2.31. The van der Waals surface area contributed by atoms with E-state index >= 15 is 0 Å². The van der Waals surface area contributed by atoms with Crippen LogP contribution in [0, 0.1) is 0 Å². The minimum atomic E-state index is 0.200. The molecule has 1 rings (SSSR count). The molecule has 0 bridgehead atoms. The third-order valence-electron chi connectivity index (χ3n) is 3.47. The first-order valence-corrected chi connectivity index (χ1v) is 8.27. The van der Waals surface area contributed by atoms with Crippen LogP contribution in [0.5, 0.6) is 0 Å². The van der Waals surface area contributed by atoms with Gasteiger partial charge in [0.05, 0.1) is 0 Å². The lowest BCUT2D eigenvalue weighted by molar-refractivity contribution is 0.323. The molecule has 2 N–H and O–H groups in total. The molecule has 108 valence electrons. The maximum atomic E-state index is 6.27. The first kappa shape index (κ1) is 16.5. The number of pyridine rings is 1. The van der Waals surface area contributed by atoms with Crippen LogP contribution in [0.15, 0.2) is 24.5 Å². The zero-order valence-corrected chi connectivity index (χ0v) is 13.2. The topological polar surface area (TPSA) is 42.1 Å². The second kappa shape index (κ2) is 9.34. The molecule has 2 unspecified atom stereocenters. The summed E-state index contributed by atoms with van der Waals surface area (Å²) in [5.41, 5.74) is 7.52. The average Bonchev–Trinajstić information content (AvgIpc) is 2.48. The van der Waals surface area contributed by atoms with Crippen LogP contribution in [0.3, 0.4) is 0 Å². The van der Waals surface area contributed by atoms with Gasteiger partial charge in [-0.05, 0) is 31.1 Å². The van der Waals surface area contributed by atoms with Crippen LogP contribution in [0.4, 0.5) is 0 Å². The zero-order valence-electron chi connectivity index (χ0n) is 12.4. The summed E-state index contributed by atoms with van der Waals surface area (Å²) in [6.07, 6.45) is 4.76. The van der Waals surface area contributed by atoms with Gasteiger partial charge in [-0.15, -0.1) is 0 Å². The molecule has 2 atom stereocenters. The van der Waals surface area contributed by atoms with E-state index in [0.29, 0.717) is 5.25 Å². The summed E-state index contributed by atoms with van der Waals surface area (Å²) in [6.45, 7) is 9.95. The first-order valence-electron chi connectivity index (χ1n) is 7.22. The van der Waals surface area contributed by atoms with Gasteiger partial charge in [-0.3, -0.25) is 4.98 Å². The maximum absolute atomic E-state index is 6.27. The van der Waals surface area contributed by atoms with Gasteiger partial charge in [-0.25, -0.2) is 0 Å². The molecule has 1 aromatic heterocycles. The van der Waals surface area contributed by atoms with Crippen molar-refractivity contribution in [3.63, 3.8) is 0 Å². The number of nitrogens with two attached hydrogens (primary N) is 1. The molecule has 0 saturated carbocycles. The molecule has 19 heavy (non-hydrogen) atoms. The van der Waals surface area contributed by atoms with Crippen LogP contribution in [0.25, 0.3) is 0 Å². The number of hydrogen-bond acceptors (Lipinski definition) is 4. The molecular formula is C15H27N3S. The Morgan fingerprint density at radius 2 is 2.05 bits per heavy atom. The second-order valence-electron chi connectivity index (χ2n) is 4.68. The molecular weight excluding hydrogens is 254 g/mol. The van der Waals surface area contributed by atoms with E-state index in [1.165, 1.54) is 5.56 Å². The SMILES string of the molecule is CCC(N)C(SCCN(CC)CC)c1cccnc1. The summed E-state index contributed by atoms with van der Waals surface area (Å²) in [4.78, 5) is 6.67. The van der Waals surface area contributed by atoms with E-state index in [9.17, 15) is 0 Å². The van der Waals surface area contributed by atoms with Gasteiger partial charge in [0.25, 0.3) is 0 Å². The van der Waals surface area contributed by atoms with Crippen molar-refractivity contribution in [3.05, 3.63) is 30.1 Å². The van der Waals surface area contributed by atoms with Gasteiger partial charge in [-0.1, -0.05) is 26.8 Å². The van der Waals surface area contributed by atoms with Crippen molar-refractivity contribution in [3.8, 4) is 0 Å². The summed E-state index contributed by atoms with van der Waals surface area (Å²) in [6, 6.07) is 4.33. The quantitative estimate of drug-likeness (QED) is 0.755. The van der Waals surface area contributed by atoms with Crippen LogP contribution < -0.4 is 5.73 Å². The molecule has 0 aliphatic rings. The van der Waals surface area contributed by atoms with Crippen LogP contribution in [-0.4, -0.2) is 41.3 Å². The predicted molar refractivity (Wildman–Crippen MR) is 85.5 cm³/mol. The minimum Gasteiger partial charge on any atom is -0.326 e. The lowest BCUT2D eigenvalue weighted by atomic mass is 10.1. The molecule has 0 aliphatic heterocycles. The van der Waals surface area contributed by atoms with Gasteiger partial charge in [0.2, 0.25) is 0 Å². The zero-order chi connectivity index (χ0) is 14.1. The summed E-state index contributed by atoms with van der Waals surface area (Å²) < 4.78 is 0. The highest BCUT2D eigenvalue weighted by atomic mass is 32.2. The number of rotatable bonds is 9. The highest BCUT2D eigenvalue weighted by molar-refractivity contribution is 7.99. The van der Waals surface area contributed by atoms with Crippen molar-refractivity contribution in [2.45, 2.75) is 38.5 Å². The fourth-order valence-electron chi connectivity index (χ4n) is 2.07. The van der Waals surface area contributed by atoms with Crippen LogP contribution in [0.2, 0.25) is 0 Å². The Hall–Kier alpha value is -0.580. The number of thioether (sulfide) groups is 1. The Morgan fingerprint density at radius 1 is 1.32 bits per heavy atom. The smallest absolute Gasteiger partial charge is 0.0463 e. The largest absolute Gasteiger partial charge is 0.326 e. The van der Waals surface area contributed by atoms with Gasteiger partial charge >= 0.3 is 0 Å². The van der Waals surface area contributed by atoms with Crippen LogP contribution in [0.1, 0.15) is 38.0 Å². The monoisotopic (exact) mass is 281 g/mol. The molecule has 0 aliphatic carbocycles. The lowest BCUT2D eigenvalue weighted by Gasteiger charge is -2.24. The van der Waals surface area contributed by atoms with Gasteiger partial charge in [-0.2, -0.15) is 11.8 Å². The Bertz CT molecular complexity index is 327. The Morgan fingerprint density at radius 3 is 2.58 bits per heavy atom. The summed E-state index contributed by atoms with van der Waals surface area (Å²) in [5, 5.41) is 0.356.